The monoisotopic (exact) mass is 401 g/mol. The molecule has 0 saturated heterocycles. The summed E-state index contributed by atoms with van der Waals surface area (Å²) in [4.78, 5) is 14.1. The van der Waals surface area contributed by atoms with Crippen molar-refractivity contribution in [2.45, 2.75) is 23.5 Å². The molecule has 2 aromatic carbocycles. The van der Waals surface area contributed by atoms with E-state index in [1.54, 1.807) is 21.0 Å². The van der Waals surface area contributed by atoms with Crippen LogP contribution in [-0.2, 0) is 4.79 Å². The number of thioether (sulfide) groups is 1. The molecule has 0 spiro atoms. The first-order valence-corrected chi connectivity index (χ1v) is 9.50. The molecule has 3 aromatic rings. The highest BCUT2D eigenvalue weighted by molar-refractivity contribution is 8.00. The maximum Gasteiger partial charge on any atom is 0.277 e. The average Bonchev–Trinajstić information content (AvgIpc) is 3.17. The van der Waals surface area contributed by atoms with Gasteiger partial charge in [-0.25, -0.2) is 4.39 Å². The molecule has 1 aromatic heterocycles. The second-order valence-corrected chi connectivity index (χ2v) is 7.32. The van der Waals surface area contributed by atoms with Gasteiger partial charge in [0, 0.05) is 14.1 Å². The van der Waals surface area contributed by atoms with Gasteiger partial charge in [-0.3, -0.25) is 4.79 Å². The van der Waals surface area contributed by atoms with Gasteiger partial charge in [-0.2, -0.15) is 0 Å². The molecule has 2 atom stereocenters. The molecular formula is C20H20FN3O3S. The van der Waals surface area contributed by atoms with Gasteiger partial charge in [-0.05, 0) is 48.5 Å². The van der Waals surface area contributed by atoms with Crippen LogP contribution in [0.1, 0.15) is 29.7 Å². The van der Waals surface area contributed by atoms with Crippen molar-refractivity contribution in [1.29, 1.82) is 0 Å². The van der Waals surface area contributed by atoms with Crippen molar-refractivity contribution in [2.75, 3.05) is 14.1 Å². The van der Waals surface area contributed by atoms with Gasteiger partial charge < -0.3 is 14.1 Å². The molecule has 0 aliphatic heterocycles. The normalized spacial score (nSPS) is 13.0. The lowest BCUT2D eigenvalue weighted by molar-refractivity contribution is -0.128. The molecule has 0 radical (unpaired) electrons. The van der Waals surface area contributed by atoms with Crippen LogP contribution in [0.2, 0.25) is 0 Å². The summed E-state index contributed by atoms with van der Waals surface area (Å²) >= 11 is 1.19. The standard InChI is InChI=1S/C20H20FN3O3S/c1-13(26-16-11-9-15(21)10-12-16)18-22-23-20(27-18)28-17(19(25)24(2)3)14-7-5-4-6-8-14/h4-13,17H,1-3H3/t13-,17+/m1/s1. The van der Waals surface area contributed by atoms with Crippen LogP contribution >= 0.6 is 11.8 Å². The minimum Gasteiger partial charge on any atom is -0.481 e. The average molecular weight is 401 g/mol. The van der Waals surface area contributed by atoms with E-state index in [1.807, 2.05) is 30.3 Å². The highest BCUT2D eigenvalue weighted by atomic mass is 32.2. The van der Waals surface area contributed by atoms with Crippen LogP contribution in [0.15, 0.2) is 64.2 Å². The Labute approximate surface area is 166 Å². The van der Waals surface area contributed by atoms with E-state index < -0.39 is 11.4 Å². The zero-order valence-corrected chi connectivity index (χ0v) is 16.5. The van der Waals surface area contributed by atoms with Crippen LogP contribution in [-0.4, -0.2) is 35.1 Å². The maximum absolute atomic E-state index is 13.0. The third-order valence-electron chi connectivity index (χ3n) is 3.88. The molecule has 0 bridgehead atoms. The number of hydrogen-bond acceptors (Lipinski definition) is 6. The lowest BCUT2D eigenvalue weighted by Gasteiger charge is -2.19. The topological polar surface area (TPSA) is 68.5 Å². The van der Waals surface area contributed by atoms with Gasteiger partial charge in [0.15, 0.2) is 6.10 Å². The Balaban J connectivity index is 1.74. The third kappa shape index (κ3) is 4.89. The van der Waals surface area contributed by atoms with Crippen molar-refractivity contribution in [1.82, 2.24) is 15.1 Å². The summed E-state index contributed by atoms with van der Waals surface area (Å²) < 4.78 is 24.4. The lowest BCUT2D eigenvalue weighted by Crippen LogP contribution is -2.26. The van der Waals surface area contributed by atoms with Crippen molar-refractivity contribution >= 4 is 17.7 Å². The smallest absolute Gasteiger partial charge is 0.277 e. The van der Waals surface area contributed by atoms with Crippen LogP contribution in [0.3, 0.4) is 0 Å². The van der Waals surface area contributed by atoms with Gasteiger partial charge in [0.2, 0.25) is 5.91 Å². The van der Waals surface area contributed by atoms with Crippen molar-refractivity contribution in [3.63, 3.8) is 0 Å². The predicted molar refractivity (Wildman–Crippen MR) is 103 cm³/mol. The zero-order chi connectivity index (χ0) is 20.1. The van der Waals surface area contributed by atoms with Crippen molar-refractivity contribution in [3.8, 4) is 5.75 Å². The molecule has 0 unspecified atom stereocenters. The molecule has 146 valence electrons. The summed E-state index contributed by atoms with van der Waals surface area (Å²) in [5.74, 6) is 0.350. The Bertz CT molecular complexity index is 916. The van der Waals surface area contributed by atoms with Crippen LogP contribution in [0.4, 0.5) is 4.39 Å². The fraction of sp³-hybridized carbons (Fsp3) is 0.250. The van der Waals surface area contributed by atoms with E-state index in [0.29, 0.717) is 5.75 Å². The number of rotatable bonds is 7. The number of ether oxygens (including phenoxy) is 1. The van der Waals surface area contributed by atoms with E-state index in [-0.39, 0.29) is 22.8 Å². The van der Waals surface area contributed by atoms with Crippen molar-refractivity contribution in [2.24, 2.45) is 0 Å². The lowest BCUT2D eigenvalue weighted by atomic mass is 10.1. The first kappa shape index (κ1) is 19.9. The van der Waals surface area contributed by atoms with Crippen LogP contribution < -0.4 is 4.74 Å². The molecule has 1 heterocycles. The Morgan fingerprint density at radius 2 is 1.79 bits per heavy atom. The summed E-state index contributed by atoms with van der Waals surface area (Å²) in [5, 5.41) is 7.82. The van der Waals surface area contributed by atoms with Gasteiger partial charge in [0.1, 0.15) is 16.8 Å². The quantitative estimate of drug-likeness (QED) is 0.551. The number of amides is 1. The highest BCUT2D eigenvalue weighted by Gasteiger charge is 2.27. The molecule has 0 aliphatic carbocycles. The second kappa shape index (κ2) is 8.88. The van der Waals surface area contributed by atoms with Gasteiger partial charge in [-0.1, -0.05) is 30.3 Å². The molecular weight excluding hydrogens is 381 g/mol. The molecule has 1 amide bonds. The largest absolute Gasteiger partial charge is 0.481 e. The molecule has 6 nitrogen and oxygen atoms in total. The molecule has 28 heavy (non-hydrogen) atoms. The molecule has 0 N–H and O–H groups in total. The van der Waals surface area contributed by atoms with E-state index in [1.165, 1.54) is 40.9 Å². The van der Waals surface area contributed by atoms with E-state index >= 15 is 0 Å². The molecule has 0 aliphatic rings. The number of aromatic nitrogens is 2. The molecule has 8 heteroatoms. The predicted octanol–water partition coefficient (Wildman–Crippen LogP) is 4.27. The maximum atomic E-state index is 13.0. The van der Waals surface area contributed by atoms with Gasteiger partial charge in [0.25, 0.3) is 11.1 Å². The highest BCUT2D eigenvalue weighted by Crippen LogP contribution is 2.36. The summed E-state index contributed by atoms with van der Waals surface area (Å²) in [7, 11) is 3.41. The van der Waals surface area contributed by atoms with Crippen LogP contribution in [0, 0.1) is 5.82 Å². The van der Waals surface area contributed by atoms with Crippen molar-refractivity contribution in [3.05, 3.63) is 71.9 Å². The fourth-order valence-electron chi connectivity index (χ4n) is 2.42. The summed E-state index contributed by atoms with van der Waals surface area (Å²) in [6, 6.07) is 15.1. The number of hydrogen-bond donors (Lipinski definition) is 0. The number of benzene rings is 2. The van der Waals surface area contributed by atoms with Crippen molar-refractivity contribution < 1.29 is 18.3 Å². The summed E-state index contributed by atoms with van der Waals surface area (Å²) in [6.07, 6.45) is -0.521. The minimum atomic E-state index is -0.521. The molecule has 3 rings (SSSR count). The van der Waals surface area contributed by atoms with E-state index in [4.69, 9.17) is 9.15 Å². The van der Waals surface area contributed by atoms with E-state index in [9.17, 15) is 9.18 Å². The Morgan fingerprint density at radius 3 is 2.43 bits per heavy atom. The molecule has 0 saturated carbocycles. The number of nitrogens with zero attached hydrogens (tertiary/aromatic N) is 3. The SMILES string of the molecule is C[C@@H](Oc1ccc(F)cc1)c1nnc(S[C@H](C(=O)N(C)C)c2ccccc2)o1. The number of likely N-dealkylation sites (N-methyl/N-ethyl adjacent to an activating group) is 1. The zero-order valence-electron chi connectivity index (χ0n) is 15.7. The Hall–Kier alpha value is -2.87. The van der Waals surface area contributed by atoms with Crippen LogP contribution in [0.25, 0.3) is 0 Å². The van der Waals surface area contributed by atoms with E-state index in [2.05, 4.69) is 10.2 Å². The summed E-state index contributed by atoms with van der Waals surface area (Å²) in [5.41, 5.74) is 0.849. The Morgan fingerprint density at radius 1 is 1.11 bits per heavy atom. The van der Waals surface area contributed by atoms with Gasteiger partial charge in [-0.15, -0.1) is 10.2 Å². The third-order valence-corrected chi connectivity index (χ3v) is 4.96. The first-order chi connectivity index (χ1) is 13.4. The van der Waals surface area contributed by atoms with Gasteiger partial charge >= 0.3 is 0 Å². The van der Waals surface area contributed by atoms with E-state index in [0.717, 1.165) is 5.56 Å². The van der Waals surface area contributed by atoms with Gasteiger partial charge in [0.05, 0.1) is 0 Å². The number of carbonyl (C=O) groups excluding carboxylic acids is 1. The first-order valence-electron chi connectivity index (χ1n) is 8.62. The van der Waals surface area contributed by atoms with Crippen LogP contribution in [0.5, 0.6) is 5.75 Å². The number of carbonyl (C=O) groups is 1. The summed E-state index contributed by atoms with van der Waals surface area (Å²) in [6.45, 7) is 1.75. The fourth-order valence-corrected chi connectivity index (χ4v) is 3.45. The second-order valence-electron chi connectivity index (χ2n) is 6.26. The minimum absolute atomic E-state index is 0.0773. The number of halogens is 1. The molecule has 0 fully saturated rings. The Kier molecular flexibility index (Phi) is 6.30.